The second-order valence-electron chi connectivity index (χ2n) is 6.26. The van der Waals surface area contributed by atoms with Gasteiger partial charge in [-0.05, 0) is 43.3 Å². The van der Waals surface area contributed by atoms with E-state index in [-0.39, 0.29) is 24.0 Å². The number of carbonyl (C=O) groups is 1. The van der Waals surface area contributed by atoms with E-state index in [0.717, 1.165) is 5.56 Å². The molecule has 3 N–H and O–H groups in total. The normalized spacial score (nSPS) is 15.7. The van der Waals surface area contributed by atoms with Crippen molar-refractivity contribution in [3.63, 3.8) is 0 Å². The van der Waals surface area contributed by atoms with Gasteiger partial charge in [-0.1, -0.05) is 17.7 Å². The molecule has 0 radical (unpaired) electrons. The molecule has 1 aliphatic rings. The van der Waals surface area contributed by atoms with Crippen molar-refractivity contribution in [1.29, 1.82) is 0 Å². The highest BCUT2D eigenvalue weighted by Gasteiger charge is 2.30. The van der Waals surface area contributed by atoms with Gasteiger partial charge in [0.2, 0.25) is 10.0 Å². The molecule has 2 aromatic rings. The first-order valence-corrected chi connectivity index (χ1v) is 9.78. The van der Waals surface area contributed by atoms with E-state index in [1.165, 1.54) is 4.31 Å². The smallest absolute Gasteiger partial charge is 0.321 e. The molecule has 0 unspecified atom stereocenters. The average molecular weight is 374 g/mol. The first-order chi connectivity index (χ1) is 12.4. The molecule has 0 aliphatic carbocycles. The van der Waals surface area contributed by atoms with E-state index in [0.29, 0.717) is 24.5 Å². The maximum atomic E-state index is 12.7. The number of benzene rings is 2. The van der Waals surface area contributed by atoms with Gasteiger partial charge >= 0.3 is 6.03 Å². The molecule has 8 heteroatoms. The van der Waals surface area contributed by atoms with Crippen LogP contribution in [0, 0.1) is 6.92 Å². The summed E-state index contributed by atoms with van der Waals surface area (Å²) in [4.78, 5) is 14.2. The standard InChI is InChI=1S/C18H22N4O3S/c1-14-2-8-17(9-3-14)26(24,25)22-12-10-21(11-13-22)18(23)20-16-6-4-15(19)5-7-16/h2-9H,10-13,19H2,1H3,(H,20,23). The molecule has 1 saturated heterocycles. The molecule has 1 fully saturated rings. The van der Waals surface area contributed by atoms with Gasteiger partial charge in [-0.25, -0.2) is 13.2 Å². The number of nitrogens with zero attached hydrogens (tertiary/aromatic N) is 2. The predicted molar refractivity (Wildman–Crippen MR) is 101 cm³/mol. The van der Waals surface area contributed by atoms with Gasteiger partial charge in [0.05, 0.1) is 4.90 Å². The van der Waals surface area contributed by atoms with Crippen LogP contribution in [0.25, 0.3) is 0 Å². The lowest BCUT2D eigenvalue weighted by atomic mass is 10.2. The SMILES string of the molecule is Cc1ccc(S(=O)(=O)N2CCN(C(=O)Nc3ccc(N)cc3)CC2)cc1. The lowest BCUT2D eigenvalue weighted by Gasteiger charge is -2.34. The van der Waals surface area contributed by atoms with E-state index in [2.05, 4.69) is 5.32 Å². The van der Waals surface area contributed by atoms with Gasteiger partial charge in [-0.2, -0.15) is 4.31 Å². The Bertz CT molecular complexity index is 872. The van der Waals surface area contributed by atoms with Gasteiger partial charge in [0, 0.05) is 37.6 Å². The van der Waals surface area contributed by atoms with Crippen molar-refractivity contribution >= 4 is 27.4 Å². The van der Waals surface area contributed by atoms with Crippen LogP contribution in [0.4, 0.5) is 16.2 Å². The highest BCUT2D eigenvalue weighted by atomic mass is 32.2. The summed E-state index contributed by atoms with van der Waals surface area (Å²) in [7, 11) is -3.53. The summed E-state index contributed by atoms with van der Waals surface area (Å²) in [6.45, 7) is 3.13. The van der Waals surface area contributed by atoms with Crippen molar-refractivity contribution in [2.24, 2.45) is 0 Å². The zero-order valence-electron chi connectivity index (χ0n) is 14.6. The summed E-state index contributed by atoms with van der Waals surface area (Å²) in [5.41, 5.74) is 7.91. The number of nitrogen functional groups attached to an aromatic ring is 1. The van der Waals surface area contributed by atoms with Crippen LogP contribution in [0.5, 0.6) is 0 Å². The van der Waals surface area contributed by atoms with Crippen molar-refractivity contribution in [1.82, 2.24) is 9.21 Å². The van der Waals surface area contributed by atoms with Gasteiger partial charge in [0.1, 0.15) is 0 Å². The Morgan fingerprint density at radius 3 is 2.12 bits per heavy atom. The second-order valence-corrected chi connectivity index (χ2v) is 8.19. The lowest BCUT2D eigenvalue weighted by molar-refractivity contribution is 0.184. The Labute approximate surface area is 153 Å². The van der Waals surface area contributed by atoms with E-state index in [1.807, 2.05) is 6.92 Å². The number of sulfonamides is 1. The summed E-state index contributed by atoms with van der Waals surface area (Å²) in [5.74, 6) is 0. The third-order valence-electron chi connectivity index (χ3n) is 4.35. The summed E-state index contributed by atoms with van der Waals surface area (Å²) >= 11 is 0. The fraction of sp³-hybridized carbons (Fsp3) is 0.278. The summed E-state index contributed by atoms with van der Waals surface area (Å²) in [6.07, 6.45) is 0. The molecule has 1 aliphatic heterocycles. The number of nitrogens with one attached hydrogen (secondary N) is 1. The maximum absolute atomic E-state index is 12.7. The van der Waals surface area contributed by atoms with Crippen molar-refractivity contribution in [2.45, 2.75) is 11.8 Å². The summed E-state index contributed by atoms with van der Waals surface area (Å²) < 4.78 is 26.8. The molecular weight excluding hydrogens is 352 g/mol. The largest absolute Gasteiger partial charge is 0.399 e. The maximum Gasteiger partial charge on any atom is 0.321 e. The van der Waals surface area contributed by atoms with Gasteiger partial charge in [-0.3, -0.25) is 0 Å². The average Bonchev–Trinajstić information content (AvgIpc) is 2.64. The van der Waals surface area contributed by atoms with Gasteiger partial charge in [-0.15, -0.1) is 0 Å². The van der Waals surface area contributed by atoms with E-state index in [4.69, 9.17) is 5.73 Å². The Balaban J connectivity index is 1.60. The second kappa shape index (κ2) is 7.35. The highest BCUT2D eigenvalue weighted by molar-refractivity contribution is 7.89. The molecule has 138 valence electrons. The van der Waals surface area contributed by atoms with Crippen molar-refractivity contribution in [3.8, 4) is 0 Å². The summed E-state index contributed by atoms with van der Waals surface area (Å²) in [5, 5.41) is 2.79. The minimum absolute atomic E-state index is 0.248. The molecular formula is C18H22N4O3S. The molecule has 2 aromatic carbocycles. The van der Waals surface area contributed by atoms with E-state index in [9.17, 15) is 13.2 Å². The van der Waals surface area contributed by atoms with Crippen molar-refractivity contribution in [2.75, 3.05) is 37.2 Å². The molecule has 0 atom stereocenters. The number of hydrogen-bond acceptors (Lipinski definition) is 4. The van der Waals surface area contributed by atoms with Crippen LogP contribution in [0.3, 0.4) is 0 Å². The van der Waals surface area contributed by atoms with Crippen LogP contribution in [0.1, 0.15) is 5.56 Å². The number of aryl methyl sites for hydroxylation is 1. The molecule has 7 nitrogen and oxygen atoms in total. The third-order valence-corrected chi connectivity index (χ3v) is 6.26. The first-order valence-electron chi connectivity index (χ1n) is 8.34. The topological polar surface area (TPSA) is 95.7 Å². The number of piperazine rings is 1. The fourth-order valence-corrected chi connectivity index (χ4v) is 4.18. The molecule has 0 bridgehead atoms. The van der Waals surface area contributed by atoms with Crippen LogP contribution in [-0.2, 0) is 10.0 Å². The van der Waals surface area contributed by atoms with Crippen molar-refractivity contribution in [3.05, 3.63) is 54.1 Å². The molecule has 0 spiro atoms. The zero-order chi connectivity index (χ0) is 18.7. The highest BCUT2D eigenvalue weighted by Crippen LogP contribution is 2.19. The minimum atomic E-state index is -3.53. The number of anilines is 2. The number of carbonyl (C=O) groups excluding carboxylic acids is 1. The Hall–Kier alpha value is -2.58. The Morgan fingerprint density at radius 2 is 1.54 bits per heavy atom. The zero-order valence-corrected chi connectivity index (χ0v) is 15.4. The quantitative estimate of drug-likeness (QED) is 0.805. The molecule has 0 aromatic heterocycles. The molecule has 0 saturated carbocycles. The lowest BCUT2D eigenvalue weighted by Crippen LogP contribution is -2.51. The minimum Gasteiger partial charge on any atom is -0.399 e. The Kier molecular flexibility index (Phi) is 5.15. The number of hydrogen-bond donors (Lipinski definition) is 2. The first kappa shape index (κ1) is 18.2. The molecule has 2 amide bonds. The number of nitrogens with two attached hydrogens (primary N) is 1. The third kappa shape index (κ3) is 3.97. The summed E-state index contributed by atoms with van der Waals surface area (Å²) in [6, 6.07) is 13.4. The molecule has 1 heterocycles. The van der Waals surface area contributed by atoms with Crippen LogP contribution < -0.4 is 11.1 Å². The van der Waals surface area contributed by atoms with Crippen LogP contribution >= 0.6 is 0 Å². The van der Waals surface area contributed by atoms with Gasteiger partial charge < -0.3 is 16.0 Å². The number of amides is 2. The van der Waals surface area contributed by atoms with Crippen LogP contribution in [0.2, 0.25) is 0 Å². The van der Waals surface area contributed by atoms with Crippen LogP contribution in [-0.4, -0.2) is 49.8 Å². The number of urea groups is 1. The van der Waals surface area contributed by atoms with E-state index >= 15 is 0 Å². The van der Waals surface area contributed by atoms with Gasteiger partial charge in [0.25, 0.3) is 0 Å². The van der Waals surface area contributed by atoms with E-state index < -0.39 is 10.0 Å². The molecule has 3 rings (SSSR count). The number of rotatable bonds is 3. The predicted octanol–water partition coefficient (Wildman–Crippen LogP) is 2.12. The molecule has 26 heavy (non-hydrogen) atoms. The van der Waals surface area contributed by atoms with Crippen molar-refractivity contribution < 1.29 is 13.2 Å². The fourth-order valence-electron chi connectivity index (χ4n) is 2.76. The van der Waals surface area contributed by atoms with Gasteiger partial charge in [0.15, 0.2) is 0 Å². The monoisotopic (exact) mass is 374 g/mol. The van der Waals surface area contributed by atoms with E-state index in [1.54, 1.807) is 53.4 Å². The Morgan fingerprint density at radius 1 is 0.962 bits per heavy atom. The van der Waals surface area contributed by atoms with Crippen LogP contribution in [0.15, 0.2) is 53.4 Å².